The molecular weight excluding hydrogens is 357 g/mol. The first-order chi connectivity index (χ1) is 13.6. The molecule has 0 N–H and O–H groups in total. The summed E-state index contributed by atoms with van der Waals surface area (Å²) in [7, 11) is 0. The van der Waals surface area contributed by atoms with Crippen LogP contribution in [-0.4, -0.2) is 51.6 Å². The third-order valence-corrected chi connectivity index (χ3v) is 5.74. The van der Waals surface area contributed by atoms with Gasteiger partial charge in [0.2, 0.25) is 5.91 Å². The molecular formula is C21H22FN5O. The Hall–Kier alpha value is -2.96. The van der Waals surface area contributed by atoms with Gasteiger partial charge >= 0.3 is 0 Å². The summed E-state index contributed by atoms with van der Waals surface area (Å²) >= 11 is 0. The van der Waals surface area contributed by atoms with Crippen molar-refractivity contribution in [2.24, 2.45) is 0 Å². The first kappa shape index (κ1) is 17.2. The smallest absolute Gasteiger partial charge is 0.219 e. The fourth-order valence-electron chi connectivity index (χ4n) is 4.31. The summed E-state index contributed by atoms with van der Waals surface area (Å²) in [4.78, 5) is 20.7. The maximum atomic E-state index is 13.7. The Balaban J connectivity index is 1.60. The summed E-state index contributed by atoms with van der Waals surface area (Å²) < 4.78 is 15.6. The lowest BCUT2D eigenvalue weighted by atomic mass is 10.1. The summed E-state index contributed by atoms with van der Waals surface area (Å²) in [5.41, 5.74) is 4.67. The van der Waals surface area contributed by atoms with Crippen LogP contribution in [0, 0.1) is 5.82 Å². The zero-order chi connectivity index (χ0) is 19.3. The highest BCUT2D eigenvalue weighted by molar-refractivity contribution is 5.74. The van der Waals surface area contributed by atoms with Gasteiger partial charge in [0.05, 0.1) is 5.69 Å². The quantitative estimate of drug-likeness (QED) is 0.687. The molecule has 0 unspecified atom stereocenters. The number of aromatic nitrogens is 3. The standard InChI is InChI=1S/C21H22FN5O/c1-14(28)25-8-10-26(11-9-25)21-17-6-3-7-18(17)23-20-13-19(24-27(20)21)15-4-2-5-16(22)12-15/h2,4-5,12-13H,3,6-11H2,1H3. The van der Waals surface area contributed by atoms with Crippen molar-refractivity contribution >= 4 is 17.4 Å². The Bertz CT molecular complexity index is 1070. The van der Waals surface area contributed by atoms with Crippen LogP contribution in [0.4, 0.5) is 10.2 Å². The van der Waals surface area contributed by atoms with Crippen molar-refractivity contribution in [1.29, 1.82) is 0 Å². The van der Waals surface area contributed by atoms with Gasteiger partial charge < -0.3 is 9.80 Å². The largest absolute Gasteiger partial charge is 0.353 e. The average Bonchev–Trinajstić information content (AvgIpc) is 3.32. The van der Waals surface area contributed by atoms with E-state index in [1.54, 1.807) is 13.0 Å². The van der Waals surface area contributed by atoms with Crippen molar-refractivity contribution in [2.45, 2.75) is 26.2 Å². The minimum atomic E-state index is -0.273. The topological polar surface area (TPSA) is 53.7 Å². The fourth-order valence-corrected chi connectivity index (χ4v) is 4.31. The van der Waals surface area contributed by atoms with E-state index in [0.29, 0.717) is 13.1 Å². The molecule has 6 nitrogen and oxygen atoms in total. The third kappa shape index (κ3) is 2.82. The first-order valence-corrected chi connectivity index (χ1v) is 9.78. The van der Waals surface area contributed by atoms with Gasteiger partial charge in [-0.3, -0.25) is 4.79 Å². The molecule has 0 bridgehead atoms. The van der Waals surface area contributed by atoms with Crippen LogP contribution < -0.4 is 4.90 Å². The maximum absolute atomic E-state index is 13.7. The molecule has 1 fully saturated rings. The molecule has 5 rings (SSSR count). The molecule has 2 aliphatic rings. The van der Waals surface area contributed by atoms with E-state index in [1.165, 1.54) is 17.7 Å². The van der Waals surface area contributed by atoms with Crippen LogP contribution in [0.3, 0.4) is 0 Å². The van der Waals surface area contributed by atoms with Crippen molar-refractivity contribution < 1.29 is 9.18 Å². The van der Waals surface area contributed by atoms with E-state index in [0.717, 1.165) is 60.8 Å². The van der Waals surface area contributed by atoms with Gasteiger partial charge in [0.1, 0.15) is 11.6 Å². The second kappa shape index (κ2) is 6.58. The van der Waals surface area contributed by atoms with E-state index in [1.807, 2.05) is 21.5 Å². The zero-order valence-electron chi connectivity index (χ0n) is 15.9. The monoisotopic (exact) mass is 379 g/mol. The van der Waals surface area contributed by atoms with Crippen LogP contribution in [0.5, 0.6) is 0 Å². The van der Waals surface area contributed by atoms with Crippen LogP contribution in [0.1, 0.15) is 24.6 Å². The summed E-state index contributed by atoms with van der Waals surface area (Å²) in [5, 5.41) is 4.80. The van der Waals surface area contributed by atoms with Gasteiger partial charge in [0, 0.05) is 56.0 Å². The van der Waals surface area contributed by atoms with E-state index < -0.39 is 0 Å². The Morgan fingerprint density at radius 2 is 1.93 bits per heavy atom. The van der Waals surface area contributed by atoms with Crippen LogP contribution in [0.15, 0.2) is 30.3 Å². The summed E-state index contributed by atoms with van der Waals surface area (Å²) in [6, 6.07) is 8.43. The number of hydrogen-bond donors (Lipinski definition) is 0. The SMILES string of the molecule is CC(=O)N1CCN(c2c3c(nc4cc(-c5cccc(F)c5)nn24)CCC3)CC1. The number of aryl methyl sites for hydroxylation is 1. The lowest BCUT2D eigenvalue weighted by Crippen LogP contribution is -2.49. The van der Waals surface area contributed by atoms with Gasteiger partial charge in [-0.15, -0.1) is 0 Å². The minimum Gasteiger partial charge on any atom is -0.353 e. The van der Waals surface area contributed by atoms with Crippen molar-refractivity contribution in [3.05, 3.63) is 47.4 Å². The van der Waals surface area contributed by atoms with Crippen molar-refractivity contribution in [1.82, 2.24) is 19.5 Å². The molecule has 0 spiro atoms. The summed E-state index contributed by atoms with van der Waals surface area (Å²) in [6.45, 7) is 4.61. The molecule has 1 aromatic carbocycles. The first-order valence-electron chi connectivity index (χ1n) is 9.78. The number of benzene rings is 1. The number of piperazine rings is 1. The average molecular weight is 379 g/mol. The number of fused-ring (bicyclic) bond motifs is 2. The normalized spacial score (nSPS) is 16.6. The molecule has 1 saturated heterocycles. The number of nitrogens with zero attached hydrogens (tertiary/aromatic N) is 5. The molecule has 1 aliphatic carbocycles. The number of rotatable bonds is 2. The fraction of sp³-hybridized carbons (Fsp3) is 0.381. The van der Waals surface area contributed by atoms with Gasteiger partial charge in [-0.2, -0.15) is 9.61 Å². The Morgan fingerprint density at radius 3 is 2.68 bits per heavy atom. The van der Waals surface area contributed by atoms with Gasteiger partial charge in [0.15, 0.2) is 5.65 Å². The zero-order valence-corrected chi connectivity index (χ0v) is 15.9. The van der Waals surface area contributed by atoms with Crippen molar-refractivity contribution in [3.8, 4) is 11.3 Å². The number of hydrogen-bond acceptors (Lipinski definition) is 4. The van der Waals surface area contributed by atoms with Gasteiger partial charge in [0.25, 0.3) is 0 Å². The molecule has 144 valence electrons. The van der Waals surface area contributed by atoms with E-state index in [9.17, 15) is 9.18 Å². The summed E-state index contributed by atoms with van der Waals surface area (Å²) in [6.07, 6.45) is 3.08. The molecule has 2 aromatic heterocycles. The Morgan fingerprint density at radius 1 is 1.11 bits per heavy atom. The number of amides is 1. The van der Waals surface area contributed by atoms with E-state index in [2.05, 4.69) is 4.90 Å². The second-order valence-corrected chi connectivity index (χ2v) is 7.52. The lowest BCUT2D eigenvalue weighted by molar-refractivity contribution is -0.129. The molecule has 7 heteroatoms. The Kier molecular flexibility index (Phi) is 4.03. The molecule has 1 aliphatic heterocycles. The molecule has 0 saturated carbocycles. The van der Waals surface area contributed by atoms with E-state index in [-0.39, 0.29) is 11.7 Å². The molecule has 1 amide bonds. The summed E-state index contributed by atoms with van der Waals surface area (Å²) in [5.74, 6) is 0.936. The third-order valence-electron chi connectivity index (χ3n) is 5.74. The minimum absolute atomic E-state index is 0.122. The number of carbonyl (C=O) groups is 1. The second-order valence-electron chi connectivity index (χ2n) is 7.52. The van der Waals surface area contributed by atoms with E-state index >= 15 is 0 Å². The van der Waals surface area contributed by atoms with Crippen LogP contribution >= 0.6 is 0 Å². The van der Waals surface area contributed by atoms with Gasteiger partial charge in [-0.25, -0.2) is 9.37 Å². The van der Waals surface area contributed by atoms with Crippen LogP contribution in [0.2, 0.25) is 0 Å². The number of carbonyl (C=O) groups excluding carboxylic acids is 1. The lowest BCUT2D eigenvalue weighted by Gasteiger charge is -2.36. The molecule has 3 aromatic rings. The van der Waals surface area contributed by atoms with E-state index in [4.69, 9.17) is 10.1 Å². The van der Waals surface area contributed by atoms with Gasteiger partial charge in [-0.1, -0.05) is 12.1 Å². The van der Waals surface area contributed by atoms with Gasteiger partial charge in [-0.05, 0) is 31.4 Å². The molecule has 0 radical (unpaired) electrons. The van der Waals surface area contributed by atoms with Crippen LogP contribution in [0.25, 0.3) is 16.9 Å². The molecule has 0 atom stereocenters. The highest BCUT2D eigenvalue weighted by Crippen LogP contribution is 2.33. The predicted molar refractivity (Wildman–Crippen MR) is 105 cm³/mol. The maximum Gasteiger partial charge on any atom is 0.219 e. The number of anilines is 1. The van der Waals surface area contributed by atoms with Crippen molar-refractivity contribution in [3.63, 3.8) is 0 Å². The molecule has 28 heavy (non-hydrogen) atoms. The van der Waals surface area contributed by atoms with Crippen LogP contribution in [-0.2, 0) is 17.6 Å². The highest BCUT2D eigenvalue weighted by Gasteiger charge is 2.28. The molecule has 3 heterocycles. The predicted octanol–water partition coefficient (Wildman–Crippen LogP) is 2.69. The number of halogens is 1. The Labute approximate surface area is 162 Å². The highest BCUT2D eigenvalue weighted by atomic mass is 19.1. The van der Waals surface area contributed by atoms with Crippen molar-refractivity contribution in [2.75, 3.05) is 31.1 Å².